The van der Waals surface area contributed by atoms with Crippen LogP contribution in [0, 0.1) is 0 Å². The number of aromatic nitrogens is 1. The smallest absolute Gasteiger partial charge is 0.410 e. The molecule has 2 aromatic carbocycles. The average molecular weight is 407 g/mol. The zero-order chi connectivity index (χ0) is 21.1. The van der Waals surface area contributed by atoms with Crippen molar-refractivity contribution in [2.75, 3.05) is 19.7 Å². The summed E-state index contributed by atoms with van der Waals surface area (Å²) in [6.07, 6.45) is 3.58. The van der Waals surface area contributed by atoms with Gasteiger partial charge in [0.1, 0.15) is 18.0 Å². The third-order valence-electron chi connectivity index (χ3n) is 5.41. The molecule has 0 N–H and O–H groups in total. The molecule has 30 heavy (non-hydrogen) atoms. The van der Waals surface area contributed by atoms with Crippen molar-refractivity contribution >= 4 is 17.0 Å². The molecule has 4 rings (SSSR count). The van der Waals surface area contributed by atoms with Crippen LogP contribution >= 0.6 is 0 Å². The van der Waals surface area contributed by atoms with Crippen LogP contribution < -0.4 is 4.74 Å². The third kappa shape index (κ3) is 4.61. The first-order valence-electron chi connectivity index (χ1n) is 10.7. The Morgan fingerprint density at radius 3 is 2.53 bits per heavy atom. The maximum Gasteiger partial charge on any atom is 0.410 e. The molecule has 5 heteroatoms. The Bertz CT molecular complexity index is 1020. The number of ether oxygens (including phenoxy) is 2. The van der Waals surface area contributed by atoms with Crippen LogP contribution in [0.5, 0.6) is 5.75 Å². The molecule has 0 atom stereocenters. The van der Waals surface area contributed by atoms with Crippen molar-refractivity contribution in [1.29, 1.82) is 0 Å². The number of carbonyl (C=O) groups is 1. The van der Waals surface area contributed by atoms with Gasteiger partial charge in [0.05, 0.1) is 12.1 Å². The molecule has 0 saturated heterocycles. The average Bonchev–Trinajstić information content (AvgIpc) is 2.98. The van der Waals surface area contributed by atoms with Gasteiger partial charge in [-0.3, -0.25) is 0 Å². The Hall–Kier alpha value is -2.95. The van der Waals surface area contributed by atoms with Gasteiger partial charge in [-0.25, -0.2) is 4.79 Å². The number of fused-ring (bicyclic) bond motifs is 3. The maximum atomic E-state index is 12.6. The highest BCUT2D eigenvalue weighted by molar-refractivity contribution is 5.85. The van der Waals surface area contributed by atoms with Gasteiger partial charge in [-0.2, -0.15) is 0 Å². The van der Waals surface area contributed by atoms with E-state index in [1.807, 2.05) is 56.0 Å². The second-order valence-corrected chi connectivity index (χ2v) is 8.78. The minimum Gasteiger partial charge on any atom is -0.492 e. The number of amides is 1. The van der Waals surface area contributed by atoms with Crippen LogP contribution in [0.1, 0.15) is 31.9 Å². The molecule has 0 bridgehead atoms. The summed E-state index contributed by atoms with van der Waals surface area (Å²) in [5, 5.41) is 1.24. The van der Waals surface area contributed by atoms with Gasteiger partial charge < -0.3 is 18.9 Å². The summed E-state index contributed by atoms with van der Waals surface area (Å²) in [7, 11) is 0. The van der Waals surface area contributed by atoms with E-state index in [1.165, 1.54) is 22.0 Å². The van der Waals surface area contributed by atoms with Crippen LogP contribution in [0.25, 0.3) is 10.9 Å². The largest absolute Gasteiger partial charge is 0.492 e. The van der Waals surface area contributed by atoms with E-state index in [0.717, 1.165) is 25.1 Å². The number of nitrogens with zero attached hydrogens (tertiary/aromatic N) is 2. The van der Waals surface area contributed by atoms with Gasteiger partial charge in [0, 0.05) is 19.3 Å². The Kier molecular flexibility index (Phi) is 5.71. The van der Waals surface area contributed by atoms with E-state index in [2.05, 4.69) is 29.0 Å². The number of rotatable bonds is 4. The SMILES string of the molecule is CC(C)(C)OC(=O)N1CCc2ccc3ccn(CCOc4ccccc4)c3c2CC1. The highest BCUT2D eigenvalue weighted by Gasteiger charge is 2.25. The van der Waals surface area contributed by atoms with Crippen LogP contribution in [0.2, 0.25) is 0 Å². The van der Waals surface area contributed by atoms with Crippen LogP contribution in [0.3, 0.4) is 0 Å². The van der Waals surface area contributed by atoms with E-state index in [1.54, 1.807) is 0 Å². The molecule has 0 radical (unpaired) electrons. The van der Waals surface area contributed by atoms with Crippen molar-refractivity contribution in [2.45, 2.75) is 45.8 Å². The Balaban J connectivity index is 1.50. The highest BCUT2D eigenvalue weighted by Crippen LogP contribution is 2.27. The first-order chi connectivity index (χ1) is 14.4. The summed E-state index contributed by atoms with van der Waals surface area (Å²) in [4.78, 5) is 14.4. The predicted molar refractivity (Wildman–Crippen MR) is 119 cm³/mol. The van der Waals surface area contributed by atoms with Crippen LogP contribution in [-0.2, 0) is 24.1 Å². The minimum absolute atomic E-state index is 0.224. The molecule has 1 amide bonds. The Labute approximate surface area is 178 Å². The van der Waals surface area contributed by atoms with Crippen molar-refractivity contribution in [3.05, 3.63) is 65.9 Å². The van der Waals surface area contributed by atoms with E-state index in [9.17, 15) is 4.79 Å². The molecule has 0 fully saturated rings. The normalized spacial score (nSPS) is 14.3. The summed E-state index contributed by atoms with van der Waals surface area (Å²) in [6.45, 7) is 8.48. The molecule has 0 saturated carbocycles. The first kappa shape index (κ1) is 20.3. The number of benzene rings is 2. The standard InChI is InChI=1S/C25H30N2O3/c1-25(2,3)30-24(28)27-15-11-19-9-10-20-12-14-26(23(20)22(19)13-16-27)17-18-29-21-7-5-4-6-8-21/h4-10,12,14H,11,13,15-18H2,1-3H3. The van der Waals surface area contributed by atoms with Crippen LogP contribution in [0.15, 0.2) is 54.7 Å². The first-order valence-corrected chi connectivity index (χ1v) is 10.7. The Morgan fingerprint density at radius 2 is 1.77 bits per heavy atom. The number of para-hydroxylation sites is 1. The summed E-state index contributed by atoms with van der Waals surface area (Å²) in [5.74, 6) is 0.890. The molecular weight excluding hydrogens is 376 g/mol. The number of carbonyl (C=O) groups excluding carboxylic acids is 1. The van der Waals surface area contributed by atoms with E-state index >= 15 is 0 Å². The topological polar surface area (TPSA) is 43.7 Å². The van der Waals surface area contributed by atoms with Crippen molar-refractivity contribution in [3.8, 4) is 5.75 Å². The maximum absolute atomic E-state index is 12.6. The van der Waals surface area contributed by atoms with Crippen LogP contribution in [0.4, 0.5) is 4.79 Å². The molecule has 3 aromatic rings. The quantitative estimate of drug-likeness (QED) is 0.609. The van der Waals surface area contributed by atoms with E-state index in [-0.39, 0.29) is 6.09 Å². The predicted octanol–water partition coefficient (Wildman–Crippen LogP) is 5.06. The fourth-order valence-corrected chi connectivity index (χ4v) is 4.02. The van der Waals surface area contributed by atoms with Crippen molar-refractivity contribution in [1.82, 2.24) is 9.47 Å². The van der Waals surface area contributed by atoms with Crippen molar-refractivity contribution in [3.63, 3.8) is 0 Å². The molecule has 158 valence electrons. The minimum atomic E-state index is -0.475. The highest BCUT2D eigenvalue weighted by atomic mass is 16.6. The molecular formula is C25H30N2O3. The molecule has 0 spiro atoms. The van der Waals surface area contributed by atoms with Gasteiger partial charge in [-0.15, -0.1) is 0 Å². The van der Waals surface area contributed by atoms with E-state index in [4.69, 9.17) is 9.47 Å². The van der Waals surface area contributed by atoms with Gasteiger partial charge in [-0.05, 0) is 68.3 Å². The molecule has 1 aliphatic heterocycles. The fourth-order valence-electron chi connectivity index (χ4n) is 4.02. The van der Waals surface area contributed by atoms with Gasteiger partial charge in [0.25, 0.3) is 0 Å². The summed E-state index contributed by atoms with van der Waals surface area (Å²) in [6, 6.07) is 16.5. The zero-order valence-electron chi connectivity index (χ0n) is 18.1. The van der Waals surface area contributed by atoms with Crippen LogP contribution in [-0.4, -0.2) is 40.9 Å². The van der Waals surface area contributed by atoms with Crippen molar-refractivity contribution < 1.29 is 14.3 Å². The third-order valence-corrected chi connectivity index (χ3v) is 5.41. The molecule has 5 nitrogen and oxygen atoms in total. The lowest BCUT2D eigenvalue weighted by molar-refractivity contribution is 0.0258. The van der Waals surface area contributed by atoms with Crippen molar-refractivity contribution in [2.24, 2.45) is 0 Å². The molecule has 0 aliphatic carbocycles. The lowest BCUT2D eigenvalue weighted by atomic mass is 10.00. The number of hydrogen-bond acceptors (Lipinski definition) is 3. The second-order valence-electron chi connectivity index (χ2n) is 8.78. The summed E-state index contributed by atoms with van der Waals surface area (Å²) < 4.78 is 13.8. The van der Waals surface area contributed by atoms with Gasteiger partial charge in [-0.1, -0.05) is 30.3 Å². The second kappa shape index (κ2) is 8.42. The molecule has 1 aromatic heterocycles. The summed E-state index contributed by atoms with van der Waals surface area (Å²) in [5.41, 5.74) is 3.44. The zero-order valence-corrected chi connectivity index (χ0v) is 18.1. The Morgan fingerprint density at radius 1 is 1.00 bits per heavy atom. The molecule has 0 unspecified atom stereocenters. The van der Waals surface area contributed by atoms with E-state index < -0.39 is 5.60 Å². The van der Waals surface area contributed by atoms with Gasteiger partial charge in [0.2, 0.25) is 0 Å². The molecule has 2 heterocycles. The fraction of sp³-hybridized carbons (Fsp3) is 0.400. The lowest BCUT2D eigenvalue weighted by Gasteiger charge is -2.26. The van der Waals surface area contributed by atoms with Gasteiger partial charge in [0.15, 0.2) is 0 Å². The summed E-state index contributed by atoms with van der Waals surface area (Å²) >= 11 is 0. The number of hydrogen-bond donors (Lipinski definition) is 0. The monoisotopic (exact) mass is 406 g/mol. The lowest BCUT2D eigenvalue weighted by Crippen LogP contribution is -2.38. The molecule has 1 aliphatic rings. The van der Waals surface area contributed by atoms with E-state index in [0.29, 0.717) is 19.7 Å². The van der Waals surface area contributed by atoms with Gasteiger partial charge >= 0.3 is 6.09 Å².